The lowest BCUT2D eigenvalue weighted by molar-refractivity contribution is -0.0198. The summed E-state index contributed by atoms with van der Waals surface area (Å²) >= 11 is 0. The van der Waals surface area contributed by atoms with Crippen molar-refractivity contribution in [2.75, 3.05) is 0 Å². The second-order valence-electron chi connectivity index (χ2n) is 5.65. The molecule has 0 atom stereocenters. The maximum Gasteiger partial charge on any atom is 0.0982 e. The number of aliphatic hydroxyl groups is 1. The van der Waals surface area contributed by atoms with Crippen LogP contribution < -0.4 is 0 Å². The smallest absolute Gasteiger partial charge is 0.0982 e. The Morgan fingerprint density at radius 3 is 2.00 bits per heavy atom. The molecule has 4 rings (SSSR count). The molecule has 4 aliphatic rings. The second kappa shape index (κ2) is 3.27. The largest absolute Gasteiger partial charge is 0.515 e. The van der Waals surface area contributed by atoms with Crippen molar-refractivity contribution >= 4 is 0 Å². The van der Waals surface area contributed by atoms with Crippen LogP contribution in [0.25, 0.3) is 0 Å². The Balaban J connectivity index is 1.89. The number of rotatable bonds is 1. The van der Waals surface area contributed by atoms with Crippen molar-refractivity contribution in [1.82, 2.24) is 0 Å². The lowest BCUT2D eigenvalue weighted by Crippen LogP contribution is -2.45. The summed E-state index contributed by atoms with van der Waals surface area (Å²) in [7, 11) is 0. The van der Waals surface area contributed by atoms with Gasteiger partial charge in [-0.3, -0.25) is 0 Å². The molecule has 4 bridgehead atoms. The highest BCUT2D eigenvalue weighted by Gasteiger charge is 2.49. The lowest BCUT2D eigenvalue weighted by atomic mass is 9.51. The highest BCUT2D eigenvalue weighted by molar-refractivity contribution is 5.25. The minimum atomic E-state index is 0.382. The number of nitrogens with zero attached hydrogens (tertiary/aromatic N) is 1. The first-order chi connectivity index (χ1) is 7.31. The molecule has 0 heterocycles. The van der Waals surface area contributed by atoms with Gasteiger partial charge in [0, 0.05) is 5.92 Å². The molecule has 0 amide bonds. The van der Waals surface area contributed by atoms with Crippen molar-refractivity contribution < 1.29 is 5.11 Å². The monoisotopic (exact) mass is 203 g/mol. The summed E-state index contributed by atoms with van der Waals surface area (Å²) in [6.45, 7) is 0. The molecular formula is C13H17NO. The Hall–Kier alpha value is -0.970. The number of allylic oxidation sites excluding steroid dienone is 1. The summed E-state index contributed by atoms with van der Waals surface area (Å²) < 4.78 is 0. The molecule has 0 aromatic heterocycles. The average molecular weight is 203 g/mol. The molecule has 4 saturated carbocycles. The summed E-state index contributed by atoms with van der Waals surface area (Å²) in [5.41, 5.74) is 0.642. The van der Waals surface area contributed by atoms with Crippen LogP contribution in [-0.2, 0) is 0 Å². The standard InChI is InChI=1S/C13H17NO/c14-6-12(7-15)13-10-2-8-1-9(4-10)5-11(13)3-8/h7-11,13,15H,1-5H2/b12-7+. The van der Waals surface area contributed by atoms with Crippen molar-refractivity contribution in [1.29, 1.82) is 5.26 Å². The van der Waals surface area contributed by atoms with Crippen LogP contribution >= 0.6 is 0 Å². The fourth-order valence-electron chi connectivity index (χ4n) is 4.62. The normalized spacial score (nSPS) is 47.9. The van der Waals surface area contributed by atoms with E-state index in [-0.39, 0.29) is 0 Å². The third-order valence-electron chi connectivity index (χ3n) is 4.85. The molecule has 2 nitrogen and oxygen atoms in total. The number of nitriles is 1. The number of hydrogen-bond acceptors (Lipinski definition) is 2. The summed E-state index contributed by atoms with van der Waals surface area (Å²) in [5, 5.41) is 18.2. The van der Waals surface area contributed by atoms with Crippen molar-refractivity contribution in [2.24, 2.45) is 29.6 Å². The van der Waals surface area contributed by atoms with E-state index in [0.29, 0.717) is 23.3 Å². The van der Waals surface area contributed by atoms with Gasteiger partial charge < -0.3 is 5.11 Å². The van der Waals surface area contributed by atoms with Crippen LogP contribution in [0.1, 0.15) is 32.1 Å². The van der Waals surface area contributed by atoms with Crippen LogP contribution in [0.5, 0.6) is 0 Å². The molecule has 0 radical (unpaired) electrons. The quantitative estimate of drug-likeness (QED) is 0.526. The van der Waals surface area contributed by atoms with Gasteiger partial charge in [0.25, 0.3) is 0 Å². The van der Waals surface area contributed by atoms with Crippen molar-refractivity contribution in [2.45, 2.75) is 32.1 Å². The number of hydrogen-bond donors (Lipinski definition) is 1. The Kier molecular flexibility index (Phi) is 2.02. The fraction of sp³-hybridized carbons (Fsp3) is 0.769. The Morgan fingerprint density at radius 2 is 1.60 bits per heavy atom. The predicted molar refractivity (Wildman–Crippen MR) is 56.9 cm³/mol. The molecule has 0 unspecified atom stereocenters. The van der Waals surface area contributed by atoms with Gasteiger partial charge in [0.05, 0.1) is 17.9 Å². The minimum Gasteiger partial charge on any atom is -0.515 e. The molecule has 0 saturated heterocycles. The van der Waals surface area contributed by atoms with Gasteiger partial charge in [-0.25, -0.2) is 0 Å². The van der Waals surface area contributed by atoms with E-state index >= 15 is 0 Å². The molecular weight excluding hydrogens is 186 g/mol. The van der Waals surface area contributed by atoms with Crippen LogP contribution in [-0.4, -0.2) is 5.11 Å². The van der Waals surface area contributed by atoms with E-state index in [9.17, 15) is 0 Å². The van der Waals surface area contributed by atoms with Gasteiger partial charge in [0.2, 0.25) is 0 Å². The first-order valence-electron chi connectivity index (χ1n) is 6.06. The van der Waals surface area contributed by atoms with Gasteiger partial charge in [-0.2, -0.15) is 5.26 Å². The molecule has 0 aliphatic heterocycles. The Labute approximate surface area is 90.6 Å². The molecule has 0 aromatic rings. The van der Waals surface area contributed by atoms with Crippen molar-refractivity contribution in [3.05, 3.63) is 11.8 Å². The summed E-state index contributed by atoms with van der Waals surface area (Å²) in [6, 6.07) is 2.19. The third-order valence-corrected chi connectivity index (χ3v) is 4.85. The molecule has 4 fully saturated rings. The van der Waals surface area contributed by atoms with Crippen LogP contribution in [0.4, 0.5) is 0 Å². The highest BCUT2D eigenvalue weighted by atomic mass is 16.2. The average Bonchev–Trinajstić information content (AvgIpc) is 2.22. The van der Waals surface area contributed by atoms with E-state index in [2.05, 4.69) is 6.07 Å². The van der Waals surface area contributed by atoms with Gasteiger partial charge in [-0.05, 0) is 55.8 Å². The lowest BCUT2D eigenvalue weighted by Gasteiger charge is -2.54. The zero-order valence-electron chi connectivity index (χ0n) is 8.89. The van der Waals surface area contributed by atoms with E-state index in [1.165, 1.54) is 32.1 Å². The molecule has 15 heavy (non-hydrogen) atoms. The zero-order chi connectivity index (χ0) is 10.4. The minimum absolute atomic E-state index is 0.382. The van der Waals surface area contributed by atoms with Crippen LogP contribution in [0.3, 0.4) is 0 Å². The van der Waals surface area contributed by atoms with E-state index in [1.54, 1.807) is 0 Å². The topological polar surface area (TPSA) is 44.0 Å². The van der Waals surface area contributed by atoms with Gasteiger partial charge >= 0.3 is 0 Å². The van der Waals surface area contributed by atoms with E-state index in [4.69, 9.17) is 10.4 Å². The van der Waals surface area contributed by atoms with E-state index in [0.717, 1.165) is 18.1 Å². The van der Waals surface area contributed by atoms with Crippen LogP contribution in [0.15, 0.2) is 11.8 Å². The van der Waals surface area contributed by atoms with Crippen molar-refractivity contribution in [3.63, 3.8) is 0 Å². The Morgan fingerprint density at radius 1 is 1.07 bits per heavy atom. The van der Waals surface area contributed by atoms with Gasteiger partial charge in [0.1, 0.15) is 0 Å². The van der Waals surface area contributed by atoms with Crippen LogP contribution in [0, 0.1) is 40.9 Å². The third kappa shape index (κ3) is 1.29. The van der Waals surface area contributed by atoms with Gasteiger partial charge in [0.15, 0.2) is 0 Å². The van der Waals surface area contributed by atoms with Gasteiger partial charge in [-0.1, -0.05) is 0 Å². The maximum absolute atomic E-state index is 9.13. The zero-order valence-corrected chi connectivity index (χ0v) is 8.89. The predicted octanol–water partition coefficient (Wildman–Crippen LogP) is 3.02. The van der Waals surface area contributed by atoms with Crippen molar-refractivity contribution in [3.8, 4) is 6.07 Å². The maximum atomic E-state index is 9.13. The summed E-state index contributed by atoms with van der Waals surface area (Å²) in [4.78, 5) is 0. The number of aliphatic hydroxyl groups excluding tert-OH is 1. The van der Waals surface area contributed by atoms with Gasteiger partial charge in [-0.15, -0.1) is 0 Å². The first-order valence-corrected chi connectivity index (χ1v) is 6.06. The molecule has 0 aromatic carbocycles. The Bertz CT molecular complexity index is 311. The molecule has 2 heteroatoms. The second-order valence-corrected chi connectivity index (χ2v) is 5.65. The molecule has 0 spiro atoms. The summed E-state index contributed by atoms with van der Waals surface area (Å²) in [6.07, 6.45) is 7.71. The highest BCUT2D eigenvalue weighted by Crippen LogP contribution is 2.58. The van der Waals surface area contributed by atoms with E-state index < -0.39 is 0 Å². The summed E-state index contributed by atoms with van der Waals surface area (Å²) in [5.74, 6) is 3.64. The molecule has 4 aliphatic carbocycles. The molecule has 80 valence electrons. The fourth-order valence-corrected chi connectivity index (χ4v) is 4.62. The SMILES string of the molecule is N#C/C(=C\O)C1C2CC3CC(C2)CC1C3. The molecule has 1 N–H and O–H groups in total. The van der Waals surface area contributed by atoms with Crippen LogP contribution in [0.2, 0.25) is 0 Å². The first kappa shape index (κ1) is 9.27. The van der Waals surface area contributed by atoms with E-state index in [1.807, 2.05) is 0 Å².